The van der Waals surface area contributed by atoms with Gasteiger partial charge < -0.3 is 24.3 Å². The summed E-state index contributed by atoms with van der Waals surface area (Å²) in [6.45, 7) is 6.08. The lowest BCUT2D eigenvalue weighted by molar-refractivity contribution is 0.0434. The first-order chi connectivity index (χ1) is 11.8. The van der Waals surface area contributed by atoms with Gasteiger partial charge in [-0.25, -0.2) is 4.79 Å². The fraction of sp³-hybridized carbons (Fsp3) is 0.588. The van der Waals surface area contributed by atoms with Crippen molar-refractivity contribution >= 4 is 12.1 Å². The molecule has 1 aromatic heterocycles. The summed E-state index contributed by atoms with van der Waals surface area (Å²) in [5.41, 5.74) is 1.17. The van der Waals surface area contributed by atoms with Crippen molar-refractivity contribution in [1.29, 1.82) is 0 Å². The molecule has 7 nitrogen and oxygen atoms in total. The van der Waals surface area contributed by atoms with E-state index >= 15 is 0 Å². The summed E-state index contributed by atoms with van der Waals surface area (Å²) >= 11 is 0. The molecule has 1 N–H and O–H groups in total. The van der Waals surface area contributed by atoms with Crippen LogP contribution in [0.25, 0.3) is 6.08 Å². The molecule has 130 valence electrons. The smallest absolute Gasteiger partial charge is 0.320 e. The Kier molecular flexibility index (Phi) is 4.44. The molecule has 24 heavy (non-hydrogen) atoms. The van der Waals surface area contributed by atoms with Crippen molar-refractivity contribution in [2.75, 3.05) is 52.5 Å². The quantitative estimate of drug-likeness (QED) is 0.840. The minimum Gasteiger partial charge on any atom is -0.465 e. The Morgan fingerprint density at radius 3 is 2.79 bits per heavy atom. The van der Waals surface area contributed by atoms with E-state index in [0.717, 1.165) is 38.4 Å². The zero-order valence-corrected chi connectivity index (χ0v) is 13.8. The van der Waals surface area contributed by atoms with Crippen LogP contribution in [0, 0.1) is 0 Å². The number of amides is 2. The summed E-state index contributed by atoms with van der Waals surface area (Å²) in [6.07, 6.45) is 6.74. The van der Waals surface area contributed by atoms with E-state index < -0.39 is 0 Å². The number of nitrogens with zero attached hydrogens (tertiary/aromatic N) is 3. The lowest BCUT2D eigenvalue weighted by atomic mass is 10.1. The molecule has 1 aromatic rings. The number of hydrogen-bond donors (Lipinski definition) is 1. The van der Waals surface area contributed by atoms with Crippen molar-refractivity contribution in [3.63, 3.8) is 0 Å². The Bertz CT molecular complexity index is 609. The van der Waals surface area contributed by atoms with Gasteiger partial charge in [0.2, 0.25) is 0 Å². The van der Waals surface area contributed by atoms with Crippen molar-refractivity contribution in [3.05, 3.63) is 29.9 Å². The summed E-state index contributed by atoms with van der Waals surface area (Å²) in [5.74, 6) is 0.921. The molecule has 2 fully saturated rings. The molecule has 4 heterocycles. The monoisotopic (exact) mass is 332 g/mol. The first kappa shape index (κ1) is 15.5. The Labute approximate surface area is 141 Å². The van der Waals surface area contributed by atoms with Crippen LogP contribution < -0.4 is 5.32 Å². The Morgan fingerprint density at radius 2 is 1.92 bits per heavy atom. The largest absolute Gasteiger partial charge is 0.465 e. The fourth-order valence-electron chi connectivity index (χ4n) is 3.64. The van der Waals surface area contributed by atoms with E-state index in [1.165, 1.54) is 5.56 Å². The molecular formula is C17H24N4O3. The fourth-order valence-corrected chi connectivity index (χ4v) is 3.64. The minimum atomic E-state index is 0.127. The van der Waals surface area contributed by atoms with E-state index in [1.54, 1.807) is 6.26 Å². The predicted octanol–water partition coefficient (Wildman–Crippen LogP) is 1.31. The number of carbonyl (C=O) groups excluding carboxylic acids is 1. The van der Waals surface area contributed by atoms with Crippen molar-refractivity contribution in [2.45, 2.75) is 12.6 Å². The predicted molar refractivity (Wildman–Crippen MR) is 89.2 cm³/mol. The standard InChI is InChI=1S/C17H24N4O3/c22-17(21-9-12-23-13-10-21)20-6-1-5-19(7-8-20)16-14-3-11-24-15(14)2-4-18-16/h2-4,11,16,18H,1,5-10,12-13H2. The Hall–Kier alpha value is -1.99. The molecule has 3 aliphatic rings. The van der Waals surface area contributed by atoms with Gasteiger partial charge in [0, 0.05) is 51.0 Å². The van der Waals surface area contributed by atoms with Gasteiger partial charge in [0.1, 0.15) is 11.9 Å². The maximum absolute atomic E-state index is 12.7. The maximum atomic E-state index is 12.7. The number of urea groups is 1. The number of rotatable bonds is 1. The number of morpholine rings is 1. The van der Waals surface area contributed by atoms with Crippen LogP contribution in [0.5, 0.6) is 0 Å². The molecule has 0 radical (unpaired) electrons. The number of furan rings is 1. The van der Waals surface area contributed by atoms with Gasteiger partial charge in [0.25, 0.3) is 0 Å². The van der Waals surface area contributed by atoms with E-state index in [0.29, 0.717) is 26.3 Å². The van der Waals surface area contributed by atoms with Crippen LogP contribution in [0.4, 0.5) is 4.79 Å². The highest BCUT2D eigenvalue weighted by Gasteiger charge is 2.29. The van der Waals surface area contributed by atoms with Crippen LogP contribution in [-0.4, -0.2) is 73.2 Å². The molecule has 1 atom stereocenters. The van der Waals surface area contributed by atoms with Crippen LogP contribution in [0.15, 0.2) is 22.9 Å². The lowest BCUT2D eigenvalue weighted by Gasteiger charge is -2.33. The van der Waals surface area contributed by atoms with E-state index in [-0.39, 0.29) is 12.2 Å². The van der Waals surface area contributed by atoms with Gasteiger partial charge in [-0.15, -0.1) is 0 Å². The van der Waals surface area contributed by atoms with E-state index in [1.807, 2.05) is 28.1 Å². The molecule has 4 rings (SSSR count). The molecule has 0 saturated carbocycles. The molecule has 2 amide bonds. The summed E-state index contributed by atoms with van der Waals surface area (Å²) in [4.78, 5) is 19.0. The Balaban J connectivity index is 1.40. The van der Waals surface area contributed by atoms with Gasteiger partial charge in [-0.3, -0.25) is 4.90 Å². The van der Waals surface area contributed by atoms with Gasteiger partial charge >= 0.3 is 6.03 Å². The van der Waals surface area contributed by atoms with E-state index in [9.17, 15) is 4.79 Å². The maximum Gasteiger partial charge on any atom is 0.320 e. The Morgan fingerprint density at radius 1 is 1.08 bits per heavy atom. The first-order valence-corrected chi connectivity index (χ1v) is 8.68. The second kappa shape index (κ2) is 6.86. The molecule has 0 aliphatic carbocycles. The molecule has 0 aromatic carbocycles. The molecule has 0 spiro atoms. The van der Waals surface area contributed by atoms with Gasteiger partial charge in [0.05, 0.1) is 19.5 Å². The molecular weight excluding hydrogens is 308 g/mol. The van der Waals surface area contributed by atoms with Crippen LogP contribution in [0.3, 0.4) is 0 Å². The average molecular weight is 332 g/mol. The highest BCUT2D eigenvalue weighted by Crippen LogP contribution is 2.28. The average Bonchev–Trinajstić information content (AvgIpc) is 2.99. The zero-order chi connectivity index (χ0) is 16.4. The number of carbonyl (C=O) groups is 1. The van der Waals surface area contributed by atoms with Crippen molar-refractivity contribution < 1.29 is 13.9 Å². The third-order valence-electron chi connectivity index (χ3n) is 4.96. The molecule has 0 bridgehead atoms. The third-order valence-corrected chi connectivity index (χ3v) is 4.96. The molecule has 7 heteroatoms. The van der Waals surface area contributed by atoms with Crippen LogP contribution in [-0.2, 0) is 4.74 Å². The third kappa shape index (κ3) is 3.01. The van der Waals surface area contributed by atoms with E-state index in [2.05, 4.69) is 10.2 Å². The summed E-state index contributed by atoms with van der Waals surface area (Å²) in [6, 6.07) is 2.18. The highest BCUT2D eigenvalue weighted by atomic mass is 16.5. The second-order valence-electron chi connectivity index (χ2n) is 6.40. The zero-order valence-electron chi connectivity index (χ0n) is 13.8. The number of hydrogen-bond acceptors (Lipinski definition) is 5. The topological polar surface area (TPSA) is 61.2 Å². The minimum absolute atomic E-state index is 0.127. The second-order valence-corrected chi connectivity index (χ2v) is 6.40. The number of ether oxygens (including phenoxy) is 1. The molecule has 3 aliphatic heterocycles. The summed E-state index contributed by atoms with van der Waals surface area (Å²) in [7, 11) is 0. The molecule has 2 saturated heterocycles. The summed E-state index contributed by atoms with van der Waals surface area (Å²) in [5, 5.41) is 3.42. The van der Waals surface area contributed by atoms with Crippen molar-refractivity contribution in [1.82, 2.24) is 20.0 Å². The van der Waals surface area contributed by atoms with Crippen LogP contribution >= 0.6 is 0 Å². The normalized spacial score (nSPS) is 25.1. The first-order valence-electron chi connectivity index (χ1n) is 8.68. The van der Waals surface area contributed by atoms with Gasteiger partial charge in [-0.2, -0.15) is 0 Å². The van der Waals surface area contributed by atoms with Crippen molar-refractivity contribution in [2.24, 2.45) is 0 Å². The number of fused-ring (bicyclic) bond motifs is 1. The van der Waals surface area contributed by atoms with Crippen LogP contribution in [0.2, 0.25) is 0 Å². The summed E-state index contributed by atoms with van der Waals surface area (Å²) < 4.78 is 10.9. The SMILES string of the molecule is O=C(N1CCOCC1)N1CCCN(C2NC=Cc3occc32)CC1. The van der Waals surface area contributed by atoms with Crippen molar-refractivity contribution in [3.8, 4) is 0 Å². The molecule has 1 unspecified atom stereocenters. The van der Waals surface area contributed by atoms with Crippen LogP contribution in [0.1, 0.15) is 23.9 Å². The number of nitrogens with one attached hydrogen (secondary N) is 1. The highest BCUT2D eigenvalue weighted by molar-refractivity contribution is 5.74. The van der Waals surface area contributed by atoms with Gasteiger partial charge in [0.15, 0.2) is 0 Å². The van der Waals surface area contributed by atoms with E-state index in [4.69, 9.17) is 9.15 Å². The lowest BCUT2D eigenvalue weighted by Crippen LogP contribution is -2.49. The van der Waals surface area contributed by atoms with Gasteiger partial charge in [-0.1, -0.05) is 0 Å². The van der Waals surface area contributed by atoms with Gasteiger partial charge in [-0.05, 0) is 18.6 Å².